The highest BCUT2D eigenvalue weighted by atomic mass is 16.3. The lowest BCUT2D eigenvalue weighted by atomic mass is 10.1. The van der Waals surface area contributed by atoms with Gasteiger partial charge in [0.05, 0.1) is 16.9 Å². The van der Waals surface area contributed by atoms with Crippen LogP contribution in [-0.2, 0) is 0 Å². The van der Waals surface area contributed by atoms with E-state index in [0.29, 0.717) is 27.5 Å². The van der Waals surface area contributed by atoms with E-state index in [0.717, 1.165) is 0 Å². The number of para-hydroxylation sites is 1. The fraction of sp³-hybridized carbons (Fsp3) is 0.133. The molecule has 0 aliphatic carbocycles. The molecule has 0 saturated carbocycles. The zero-order valence-electron chi connectivity index (χ0n) is 9.88. The van der Waals surface area contributed by atoms with Crippen molar-refractivity contribution in [1.82, 2.24) is 0 Å². The lowest BCUT2D eigenvalue weighted by Crippen LogP contribution is -2.03. The van der Waals surface area contributed by atoms with Gasteiger partial charge in [0, 0.05) is 0 Å². The van der Waals surface area contributed by atoms with Crippen LogP contribution in [0.15, 0.2) is 51.7 Å². The number of aliphatic hydroxyl groups is 1. The first-order chi connectivity index (χ1) is 8.66. The molecular formula is C15H12O3. The molecule has 1 atom stereocenters. The smallest absolute Gasteiger partial charge is 0.200 e. The molecule has 0 radical (unpaired) electrons. The minimum absolute atomic E-state index is 0.0608. The lowest BCUT2D eigenvalue weighted by Gasteiger charge is -2.06. The molecule has 0 amide bonds. The molecule has 1 N–H and O–H groups in total. The second-order valence-corrected chi connectivity index (χ2v) is 4.36. The molecule has 3 nitrogen and oxygen atoms in total. The third-order valence-corrected chi connectivity index (χ3v) is 3.08. The predicted octanol–water partition coefficient (Wildman–Crippen LogP) is 3.00. The Morgan fingerprint density at radius 2 is 1.78 bits per heavy atom. The molecule has 3 aromatic rings. The van der Waals surface area contributed by atoms with Crippen LogP contribution in [0.25, 0.3) is 21.9 Å². The Morgan fingerprint density at radius 3 is 2.56 bits per heavy atom. The first-order valence-corrected chi connectivity index (χ1v) is 5.80. The fourth-order valence-corrected chi connectivity index (χ4v) is 2.08. The number of aliphatic hydroxyl groups excluding tert-OH is 1. The van der Waals surface area contributed by atoms with Crippen LogP contribution in [0.2, 0.25) is 0 Å². The Labute approximate surface area is 103 Å². The molecule has 0 spiro atoms. The summed E-state index contributed by atoms with van der Waals surface area (Å²) in [6.07, 6.45) is -0.597. The van der Waals surface area contributed by atoms with E-state index < -0.39 is 6.10 Å². The molecule has 1 heterocycles. The Hall–Kier alpha value is -2.13. The number of hydrogen-bond donors (Lipinski definition) is 1. The normalized spacial score (nSPS) is 13.0. The first kappa shape index (κ1) is 11.0. The van der Waals surface area contributed by atoms with Crippen LogP contribution in [0, 0.1) is 0 Å². The third kappa shape index (κ3) is 1.60. The highest BCUT2D eigenvalue weighted by Crippen LogP contribution is 2.21. The largest absolute Gasteiger partial charge is 0.456 e. The molecule has 90 valence electrons. The van der Waals surface area contributed by atoms with Crippen molar-refractivity contribution in [2.75, 3.05) is 0 Å². The highest BCUT2D eigenvalue weighted by molar-refractivity contribution is 5.89. The maximum absolute atomic E-state index is 12.3. The van der Waals surface area contributed by atoms with Gasteiger partial charge in [-0.15, -0.1) is 0 Å². The molecule has 0 bridgehead atoms. The fourth-order valence-electron chi connectivity index (χ4n) is 2.08. The van der Waals surface area contributed by atoms with Gasteiger partial charge in [-0.25, -0.2) is 0 Å². The van der Waals surface area contributed by atoms with Gasteiger partial charge in [0.1, 0.15) is 11.2 Å². The second kappa shape index (κ2) is 3.96. The lowest BCUT2D eigenvalue weighted by molar-refractivity contribution is 0.199. The van der Waals surface area contributed by atoms with Crippen LogP contribution in [-0.4, -0.2) is 5.11 Å². The number of fused-ring (bicyclic) bond motifs is 2. The average molecular weight is 240 g/mol. The molecule has 1 aromatic heterocycles. The summed E-state index contributed by atoms with van der Waals surface area (Å²) in [7, 11) is 0. The van der Waals surface area contributed by atoms with E-state index in [9.17, 15) is 9.90 Å². The molecule has 18 heavy (non-hydrogen) atoms. The van der Waals surface area contributed by atoms with E-state index in [1.807, 2.05) is 12.1 Å². The minimum atomic E-state index is -0.597. The van der Waals surface area contributed by atoms with Crippen LogP contribution in [0.5, 0.6) is 0 Å². The van der Waals surface area contributed by atoms with E-state index in [1.54, 1.807) is 37.3 Å². The van der Waals surface area contributed by atoms with Crippen molar-refractivity contribution in [2.45, 2.75) is 13.0 Å². The molecule has 0 aliphatic rings. The summed E-state index contributed by atoms with van der Waals surface area (Å²) in [6, 6.07) is 12.4. The summed E-state index contributed by atoms with van der Waals surface area (Å²) < 4.78 is 5.68. The molecular weight excluding hydrogens is 228 g/mol. The van der Waals surface area contributed by atoms with Gasteiger partial charge in [0.15, 0.2) is 0 Å². The van der Waals surface area contributed by atoms with Crippen LogP contribution >= 0.6 is 0 Å². The summed E-state index contributed by atoms with van der Waals surface area (Å²) in [5.41, 5.74) is 1.78. The summed E-state index contributed by atoms with van der Waals surface area (Å²) in [5.74, 6) is 0. The van der Waals surface area contributed by atoms with Crippen molar-refractivity contribution >= 4 is 21.9 Å². The van der Waals surface area contributed by atoms with Crippen molar-refractivity contribution in [3.8, 4) is 0 Å². The molecule has 0 aliphatic heterocycles. The summed E-state index contributed by atoms with van der Waals surface area (Å²) in [4.78, 5) is 12.3. The van der Waals surface area contributed by atoms with Crippen LogP contribution < -0.4 is 5.43 Å². The van der Waals surface area contributed by atoms with Crippen LogP contribution in [0.1, 0.15) is 18.6 Å². The molecule has 3 heteroatoms. The maximum Gasteiger partial charge on any atom is 0.200 e. The van der Waals surface area contributed by atoms with E-state index >= 15 is 0 Å². The van der Waals surface area contributed by atoms with E-state index in [2.05, 4.69) is 0 Å². The van der Waals surface area contributed by atoms with Crippen molar-refractivity contribution in [2.24, 2.45) is 0 Å². The summed E-state index contributed by atoms with van der Waals surface area (Å²) in [6.45, 7) is 1.67. The van der Waals surface area contributed by atoms with Crippen molar-refractivity contribution in [3.63, 3.8) is 0 Å². The predicted molar refractivity (Wildman–Crippen MR) is 70.6 cm³/mol. The summed E-state index contributed by atoms with van der Waals surface area (Å²) in [5, 5.41) is 10.6. The topological polar surface area (TPSA) is 50.4 Å². The first-order valence-electron chi connectivity index (χ1n) is 5.80. The van der Waals surface area contributed by atoms with Crippen molar-refractivity contribution < 1.29 is 9.52 Å². The quantitative estimate of drug-likeness (QED) is 0.665. The van der Waals surface area contributed by atoms with E-state index in [-0.39, 0.29) is 5.43 Å². The molecule has 2 aromatic carbocycles. The minimum Gasteiger partial charge on any atom is -0.456 e. The van der Waals surface area contributed by atoms with Gasteiger partial charge in [-0.2, -0.15) is 0 Å². The van der Waals surface area contributed by atoms with Gasteiger partial charge < -0.3 is 9.52 Å². The van der Waals surface area contributed by atoms with Crippen LogP contribution in [0.3, 0.4) is 0 Å². The van der Waals surface area contributed by atoms with E-state index in [1.165, 1.54) is 0 Å². The average Bonchev–Trinajstić information content (AvgIpc) is 2.38. The third-order valence-electron chi connectivity index (χ3n) is 3.08. The van der Waals surface area contributed by atoms with Gasteiger partial charge in [-0.05, 0) is 36.8 Å². The molecule has 1 unspecified atom stereocenters. The van der Waals surface area contributed by atoms with Gasteiger partial charge in [-0.3, -0.25) is 4.79 Å². The van der Waals surface area contributed by atoms with Gasteiger partial charge in [0.2, 0.25) is 5.43 Å². The zero-order valence-corrected chi connectivity index (χ0v) is 9.88. The number of rotatable bonds is 1. The summed E-state index contributed by atoms with van der Waals surface area (Å²) >= 11 is 0. The second-order valence-electron chi connectivity index (χ2n) is 4.36. The molecule has 3 rings (SSSR count). The molecule has 0 fully saturated rings. The SMILES string of the molecule is CC(O)c1ccc2oc3ccccc3c(=O)c2c1. The van der Waals surface area contributed by atoms with Crippen LogP contribution in [0.4, 0.5) is 0 Å². The Balaban J connectivity index is 2.45. The maximum atomic E-state index is 12.3. The number of hydrogen-bond acceptors (Lipinski definition) is 3. The Bertz CT molecular complexity index is 784. The Kier molecular flexibility index (Phi) is 2.42. The standard InChI is InChI=1S/C15H12O3/c1-9(16)10-6-7-14-12(8-10)15(17)11-4-2-3-5-13(11)18-14/h2-9,16H,1H3. The van der Waals surface area contributed by atoms with Crippen molar-refractivity contribution in [3.05, 3.63) is 58.3 Å². The van der Waals surface area contributed by atoms with Gasteiger partial charge in [0.25, 0.3) is 0 Å². The zero-order chi connectivity index (χ0) is 12.7. The molecule has 0 saturated heterocycles. The van der Waals surface area contributed by atoms with Crippen molar-refractivity contribution in [1.29, 1.82) is 0 Å². The van der Waals surface area contributed by atoms with E-state index in [4.69, 9.17) is 4.42 Å². The van der Waals surface area contributed by atoms with Gasteiger partial charge >= 0.3 is 0 Å². The van der Waals surface area contributed by atoms with Gasteiger partial charge in [-0.1, -0.05) is 18.2 Å². The Morgan fingerprint density at radius 1 is 1.06 bits per heavy atom. The highest BCUT2D eigenvalue weighted by Gasteiger charge is 2.09. The monoisotopic (exact) mass is 240 g/mol. The number of benzene rings is 2.